The normalized spacial score (nSPS) is 17.1. The van der Waals surface area contributed by atoms with Crippen molar-refractivity contribution in [1.82, 2.24) is 30.2 Å². The third-order valence-electron chi connectivity index (χ3n) is 6.54. The Morgan fingerprint density at radius 1 is 1.15 bits per heavy atom. The van der Waals surface area contributed by atoms with Crippen LogP contribution in [0, 0.1) is 0 Å². The standard InChI is InChI=1S/C24H29N7O2/c1-16(32)27-21(14-17-6-3-2-4-7-17)22(33)28-18-10-12-30(13-11-18)23-19-8-5-9-20(19)29-24-25-15-26-31(23)24/h2-4,6-7,15,18,21H,5,8-14H2,1H3,(H,27,32)(H,28,33). The third-order valence-corrected chi connectivity index (χ3v) is 6.54. The van der Waals surface area contributed by atoms with Gasteiger partial charge in [0, 0.05) is 38.0 Å². The summed E-state index contributed by atoms with van der Waals surface area (Å²) in [5, 5.41) is 10.4. The van der Waals surface area contributed by atoms with Crippen molar-refractivity contribution in [3.8, 4) is 0 Å². The molecule has 1 atom stereocenters. The lowest BCUT2D eigenvalue weighted by Crippen LogP contribution is -2.52. The third kappa shape index (κ3) is 4.53. The van der Waals surface area contributed by atoms with Gasteiger partial charge >= 0.3 is 0 Å². The minimum atomic E-state index is -0.582. The molecule has 2 amide bonds. The van der Waals surface area contributed by atoms with Gasteiger partial charge in [0.25, 0.3) is 5.78 Å². The van der Waals surface area contributed by atoms with Crippen molar-refractivity contribution in [3.63, 3.8) is 0 Å². The summed E-state index contributed by atoms with van der Waals surface area (Å²) in [5.74, 6) is 1.43. The topological polar surface area (TPSA) is 105 Å². The van der Waals surface area contributed by atoms with Crippen LogP contribution in [0.25, 0.3) is 5.78 Å². The molecule has 2 aromatic heterocycles. The Morgan fingerprint density at radius 2 is 1.94 bits per heavy atom. The number of piperidine rings is 1. The van der Waals surface area contributed by atoms with Crippen molar-refractivity contribution in [3.05, 3.63) is 53.5 Å². The van der Waals surface area contributed by atoms with Crippen LogP contribution < -0.4 is 15.5 Å². The highest BCUT2D eigenvalue weighted by Crippen LogP contribution is 2.32. The fourth-order valence-electron chi connectivity index (χ4n) is 4.97. The number of rotatable bonds is 6. The lowest BCUT2D eigenvalue weighted by atomic mass is 10.0. The minimum Gasteiger partial charge on any atom is -0.356 e. The first-order chi connectivity index (χ1) is 16.1. The van der Waals surface area contributed by atoms with Gasteiger partial charge in [-0.05, 0) is 37.7 Å². The van der Waals surface area contributed by atoms with E-state index in [4.69, 9.17) is 0 Å². The van der Waals surface area contributed by atoms with Gasteiger partial charge < -0.3 is 15.5 Å². The Bertz CT molecular complexity index is 1150. The first kappa shape index (κ1) is 21.4. The number of anilines is 1. The van der Waals surface area contributed by atoms with Gasteiger partial charge in [-0.3, -0.25) is 9.59 Å². The number of aryl methyl sites for hydroxylation is 1. The van der Waals surface area contributed by atoms with Crippen LogP contribution in [-0.4, -0.2) is 56.6 Å². The second-order valence-electron chi connectivity index (χ2n) is 8.90. The lowest BCUT2D eigenvalue weighted by Gasteiger charge is -2.35. The summed E-state index contributed by atoms with van der Waals surface area (Å²) in [6.07, 6.45) is 6.81. The lowest BCUT2D eigenvalue weighted by molar-refractivity contribution is -0.128. The zero-order valence-electron chi connectivity index (χ0n) is 18.8. The van der Waals surface area contributed by atoms with Gasteiger partial charge in [0.2, 0.25) is 11.8 Å². The second-order valence-corrected chi connectivity index (χ2v) is 8.90. The zero-order valence-corrected chi connectivity index (χ0v) is 18.8. The molecule has 2 N–H and O–H groups in total. The molecule has 0 radical (unpaired) electrons. The van der Waals surface area contributed by atoms with E-state index in [0.29, 0.717) is 12.2 Å². The van der Waals surface area contributed by atoms with E-state index in [1.54, 1.807) is 6.33 Å². The summed E-state index contributed by atoms with van der Waals surface area (Å²) in [6.45, 7) is 3.08. The van der Waals surface area contributed by atoms with E-state index in [2.05, 4.69) is 30.6 Å². The van der Waals surface area contributed by atoms with Crippen LogP contribution >= 0.6 is 0 Å². The van der Waals surface area contributed by atoms with Crippen LogP contribution in [0.2, 0.25) is 0 Å². The Balaban J connectivity index is 1.25. The fraction of sp³-hybridized carbons (Fsp3) is 0.458. The highest BCUT2D eigenvalue weighted by molar-refractivity contribution is 5.87. The molecule has 1 aliphatic carbocycles. The molecular weight excluding hydrogens is 418 g/mol. The molecule has 0 bridgehead atoms. The van der Waals surface area contributed by atoms with Crippen molar-refractivity contribution in [2.24, 2.45) is 0 Å². The quantitative estimate of drug-likeness (QED) is 0.593. The number of amides is 2. The molecule has 0 spiro atoms. The van der Waals surface area contributed by atoms with E-state index in [1.807, 2.05) is 34.8 Å². The van der Waals surface area contributed by atoms with Crippen LogP contribution in [0.3, 0.4) is 0 Å². The van der Waals surface area contributed by atoms with Crippen LogP contribution in [0.4, 0.5) is 5.82 Å². The number of hydrogen-bond acceptors (Lipinski definition) is 6. The van der Waals surface area contributed by atoms with Gasteiger partial charge in [0.05, 0.1) is 5.69 Å². The summed E-state index contributed by atoms with van der Waals surface area (Å²) < 4.78 is 1.86. The number of nitrogens with zero attached hydrogens (tertiary/aromatic N) is 5. The number of aromatic nitrogens is 4. The number of carbonyl (C=O) groups is 2. The fourth-order valence-corrected chi connectivity index (χ4v) is 4.97. The van der Waals surface area contributed by atoms with Crippen molar-refractivity contribution in [2.75, 3.05) is 18.0 Å². The highest BCUT2D eigenvalue weighted by Gasteiger charge is 2.29. The van der Waals surface area contributed by atoms with E-state index in [1.165, 1.54) is 12.5 Å². The van der Waals surface area contributed by atoms with E-state index < -0.39 is 6.04 Å². The first-order valence-electron chi connectivity index (χ1n) is 11.7. The highest BCUT2D eigenvalue weighted by atomic mass is 16.2. The predicted octanol–water partition coefficient (Wildman–Crippen LogP) is 1.45. The second kappa shape index (κ2) is 9.17. The molecule has 1 unspecified atom stereocenters. The van der Waals surface area contributed by atoms with Gasteiger partial charge in [-0.2, -0.15) is 14.6 Å². The van der Waals surface area contributed by atoms with Crippen LogP contribution in [0.15, 0.2) is 36.7 Å². The van der Waals surface area contributed by atoms with Crippen molar-refractivity contribution >= 4 is 23.4 Å². The Kier molecular flexibility index (Phi) is 5.93. The average Bonchev–Trinajstić information content (AvgIpc) is 3.47. The molecule has 9 nitrogen and oxygen atoms in total. The summed E-state index contributed by atoms with van der Waals surface area (Å²) in [5.41, 5.74) is 3.44. The summed E-state index contributed by atoms with van der Waals surface area (Å²) in [7, 11) is 0. The molecular formula is C24H29N7O2. The van der Waals surface area contributed by atoms with Crippen LogP contribution in [0.1, 0.15) is 43.0 Å². The molecule has 2 aliphatic rings. The van der Waals surface area contributed by atoms with Gasteiger partial charge in [-0.15, -0.1) is 0 Å². The van der Waals surface area contributed by atoms with E-state index in [-0.39, 0.29) is 17.9 Å². The smallest absolute Gasteiger partial charge is 0.254 e. The van der Waals surface area contributed by atoms with Crippen molar-refractivity contribution < 1.29 is 9.59 Å². The van der Waals surface area contributed by atoms with Crippen molar-refractivity contribution in [1.29, 1.82) is 0 Å². The Morgan fingerprint density at radius 3 is 2.70 bits per heavy atom. The summed E-state index contributed by atoms with van der Waals surface area (Å²) in [6, 6.07) is 9.25. The van der Waals surface area contributed by atoms with Gasteiger partial charge in [-0.1, -0.05) is 30.3 Å². The zero-order chi connectivity index (χ0) is 22.8. The number of nitrogens with one attached hydrogen (secondary N) is 2. The Labute approximate surface area is 192 Å². The van der Waals surface area contributed by atoms with E-state index in [9.17, 15) is 9.59 Å². The summed E-state index contributed by atoms with van der Waals surface area (Å²) in [4.78, 5) is 36.1. The maximum atomic E-state index is 13.0. The maximum absolute atomic E-state index is 13.0. The van der Waals surface area contributed by atoms with Crippen molar-refractivity contribution in [2.45, 2.75) is 57.5 Å². The Hall–Kier alpha value is -3.49. The van der Waals surface area contributed by atoms with Gasteiger partial charge in [0.15, 0.2) is 0 Å². The molecule has 3 aromatic rings. The largest absolute Gasteiger partial charge is 0.356 e. The number of fused-ring (bicyclic) bond motifs is 2. The molecule has 172 valence electrons. The van der Waals surface area contributed by atoms with Gasteiger partial charge in [-0.25, -0.2) is 4.98 Å². The predicted molar refractivity (Wildman–Crippen MR) is 124 cm³/mol. The molecule has 3 heterocycles. The maximum Gasteiger partial charge on any atom is 0.254 e. The van der Waals surface area contributed by atoms with E-state index >= 15 is 0 Å². The first-order valence-corrected chi connectivity index (χ1v) is 11.7. The molecule has 1 fully saturated rings. The molecule has 1 saturated heterocycles. The van der Waals surface area contributed by atoms with Gasteiger partial charge in [0.1, 0.15) is 18.2 Å². The molecule has 33 heavy (non-hydrogen) atoms. The molecule has 9 heteroatoms. The number of benzene rings is 1. The van der Waals surface area contributed by atoms with E-state index in [0.717, 1.165) is 62.3 Å². The molecule has 1 aromatic carbocycles. The molecule has 5 rings (SSSR count). The number of hydrogen-bond donors (Lipinski definition) is 2. The van der Waals surface area contributed by atoms with Crippen LogP contribution in [-0.2, 0) is 28.9 Å². The molecule has 1 aliphatic heterocycles. The minimum absolute atomic E-state index is 0.0712. The SMILES string of the molecule is CC(=O)NC(Cc1ccccc1)C(=O)NC1CCN(c2c3c(nc4ncnn24)CCC3)CC1. The monoisotopic (exact) mass is 447 g/mol. The average molecular weight is 448 g/mol. The summed E-state index contributed by atoms with van der Waals surface area (Å²) >= 11 is 0. The molecule has 0 saturated carbocycles. The van der Waals surface area contributed by atoms with Crippen LogP contribution in [0.5, 0.6) is 0 Å². The number of carbonyl (C=O) groups excluding carboxylic acids is 2.